The number of hydrogen-bond donors (Lipinski definition) is 0. The van der Waals surface area contributed by atoms with Crippen molar-refractivity contribution < 1.29 is 28.1 Å². The Morgan fingerprint density at radius 3 is 2.26 bits per heavy atom. The van der Waals surface area contributed by atoms with Crippen LogP contribution in [-0.2, 0) is 9.47 Å². The van der Waals surface area contributed by atoms with Crippen molar-refractivity contribution >= 4 is 5.97 Å². The highest BCUT2D eigenvalue weighted by Crippen LogP contribution is 2.29. The molecule has 186 valence electrons. The second kappa shape index (κ2) is 14.1. The van der Waals surface area contributed by atoms with E-state index in [1.807, 2.05) is 0 Å². The molecule has 6 heteroatoms. The first-order valence-corrected chi connectivity index (χ1v) is 12.6. The largest absolute Gasteiger partial charge is 0.494 e. The third-order valence-corrected chi connectivity index (χ3v) is 5.97. The Hall–Kier alpha value is -2.44. The lowest BCUT2D eigenvalue weighted by Crippen LogP contribution is -2.27. The molecule has 3 rings (SSSR count). The van der Waals surface area contributed by atoms with Gasteiger partial charge in [0.25, 0.3) is 0 Å². The van der Waals surface area contributed by atoms with Crippen molar-refractivity contribution in [3.8, 4) is 11.5 Å². The van der Waals surface area contributed by atoms with E-state index in [2.05, 4.69) is 13.8 Å². The Morgan fingerprint density at radius 2 is 1.59 bits per heavy atom. The van der Waals surface area contributed by atoms with E-state index in [9.17, 15) is 9.18 Å². The summed E-state index contributed by atoms with van der Waals surface area (Å²) in [5.41, 5.74) is 0.427. The van der Waals surface area contributed by atoms with Crippen molar-refractivity contribution in [3.63, 3.8) is 0 Å². The molecule has 0 atom stereocenters. The molecule has 1 saturated heterocycles. The fourth-order valence-corrected chi connectivity index (χ4v) is 3.91. The van der Waals surface area contributed by atoms with Crippen LogP contribution in [0.25, 0.3) is 0 Å². The van der Waals surface area contributed by atoms with Crippen LogP contribution in [0.15, 0.2) is 42.5 Å². The minimum atomic E-state index is -0.748. The summed E-state index contributed by atoms with van der Waals surface area (Å²) < 4.78 is 37.4. The molecular weight excluding hydrogens is 435 g/mol. The molecule has 1 heterocycles. The van der Waals surface area contributed by atoms with E-state index in [4.69, 9.17) is 18.9 Å². The average Bonchev–Trinajstić information content (AvgIpc) is 2.86. The van der Waals surface area contributed by atoms with Crippen LogP contribution in [0.2, 0.25) is 0 Å². The minimum absolute atomic E-state index is 0.130. The molecular formula is C28H37FO5. The van der Waals surface area contributed by atoms with E-state index < -0.39 is 18.1 Å². The highest BCUT2D eigenvalue weighted by atomic mass is 19.1. The normalized spacial score (nSPS) is 18.0. The lowest BCUT2D eigenvalue weighted by atomic mass is 10.0. The molecule has 0 N–H and O–H groups in total. The number of unbranched alkanes of at least 4 members (excludes halogenated alkanes) is 5. The maximum absolute atomic E-state index is 14.8. The first-order chi connectivity index (χ1) is 16.6. The van der Waals surface area contributed by atoms with Gasteiger partial charge in [0.15, 0.2) is 6.29 Å². The summed E-state index contributed by atoms with van der Waals surface area (Å²) in [4.78, 5) is 12.5. The first-order valence-electron chi connectivity index (χ1n) is 12.6. The van der Waals surface area contributed by atoms with E-state index in [0.29, 0.717) is 37.1 Å². The van der Waals surface area contributed by atoms with Gasteiger partial charge in [-0.25, -0.2) is 9.18 Å². The lowest BCUT2D eigenvalue weighted by molar-refractivity contribution is -0.207. The van der Waals surface area contributed by atoms with Crippen LogP contribution in [0.3, 0.4) is 0 Å². The summed E-state index contributed by atoms with van der Waals surface area (Å²) in [6, 6.07) is 11.1. The van der Waals surface area contributed by atoms with Crippen LogP contribution >= 0.6 is 0 Å². The highest BCUT2D eigenvalue weighted by molar-refractivity contribution is 5.91. The van der Waals surface area contributed by atoms with Gasteiger partial charge in [0.2, 0.25) is 0 Å². The summed E-state index contributed by atoms with van der Waals surface area (Å²) in [6.07, 6.45) is 8.43. The first kappa shape index (κ1) is 26.2. The maximum atomic E-state index is 14.8. The number of hydrogen-bond acceptors (Lipinski definition) is 5. The van der Waals surface area contributed by atoms with Gasteiger partial charge in [-0.2, -0.15) is 0 Å². The third kappa shape index (κ3) is 8.10. The highest BCUT2D eigenvalue weighted by Gasteiger charge is 2.26. The van der Waals surface area contributed by atoms with Crippen molar-refractivity contribution in [1.29, 1.82) is 0 Å². The standard InChI is InChI=1S/C28H37FO5/c1-3-5-7-8-10-21-19-32-28(33-20-21)25-16-11-22(18-26(25)29)27(30)34-24-14-12-23(13-15-24)31-17-9-6-4-2/h11-16,18,21,28H,3-10,17,19-20H2,1-2H3. The minimum Gasteiger partial charge on any atom is -0.494 e. The number of carbonyl (C=O) groups excluding carboxylic acids is 1. The van der Waals surface area contributed by atoms with Crippen molar-refractivity contribution in [1.82, 2.24) is 0 Å². The van der Waals surface area contributed by atoms with Crippen LogP contribution in [0.4, 0.5) is 4.39 Å². The topological polar surface area (TPSA) is 54.0 Å². The number of carbonyl (C=O) groups is 1. The van der Waals surface area contributed by atoms with Gasteiger partial charge < -0.3 is 18.9 Å². The van der Waals surface area contributed by atoms with E-state index in [1.54, 1.807) is 24.3 Å². The zero-order valence-electron chi connectivity index (χ0n) is 20.4. The van der Waals surface area contributed by atoms with Crippen LogP contribution in [0.5, 0.6) is 11.5 Å². The number of rotatable bonds is 13. The van der Waals surface area contributed by atoms with Gasteiger partial charge in [-0.1, -0.05) is 58.4 Å². The lowest BCUT2D eigenvalue weighted by Gasteiger charge is -2.30. The Balaban J connectivity index is 1.48. The summed E-state index contributed by atoms with van der Waals surface area (Å²) in [7, 11) is 0. The third-order valence-electron chi connectivity index (χ3n) is 5.97. The van der Waals surface area contributed by atoms with Crippen molar-refractivity contribution in [3.05, 3.63) is 59.4 Å². The van der Waals surface area contributed by atoms with E-state index >= 15 is 0 Å². The maximum Gasteiger partial charge on any atom is 0.343 e. The van der Waals surface area contributed by atoms with E-state index in [1.165, 1.54) is 37.5 Å². The SMILES string of the molecule is CCCCCCC1COC(c2ccc(C(=O)Oc3ccc(OCCCCC)cc3)cc2F)OC1. The van der Waals surface area contributed by atoms with Crippen LogP contribution < -0.4 is 9.47 Å². The molecule has 2 aromatic carbocycles. The predicted molar refractivity (Wildman–Crippen MR) is 130 cm³/mol. The quantitative estimate of drug-likeness (QED) is 0.175. The zero-order chi connectivity index (χ0) is 24.2. The number of benzene rings is 2. The number of esters is 1. The Morgan fingerprint density at radius 1 is 0.912 bits per heavy atom. The molecule has 0 amide bonds. The molecule has 0 unspecified atom stereocenters. The molecule has 0 aromatic heterocycles. The summed E-state index contributed by atoms with van der Waals surface area (Å²) in [6.45, 7) is 6.11. The van der Waals surface area contributed by atoms with Gasteiger partial charge in [-0.15, -0.1) is 0 Å². The molecule has 0 radical (unpaired) electrons. The van der Waals surface area contributed by atoms with Crippen LogP contribution in [0, 0.1) is 11.7 Å². The Bertz CT molecular complexity index is 875. The average molecular weight is 473 g/mol. The van der Waals surface area contributed by atoms with E-state index in [-0.39, 0.29) is 5.56 Å². The number of halogens is 1. The van der Waals surface area contributed by atoms with Crippen LogP contribution in [-0.4, -0.2) is 25.8 Å². The van der Waals surface area contributed by atoms with Crippen molar-refractivity contribution in [2.24, 2.45) is 5.92 Å². The smallest absolute Gasteiger partial charge is 0.343 e. The van der Waals surface area contributed by atoms with E-state index in [0.717, 1.165) is 37.9 Å². The second-order valence-corrected chi connectivity index (χ2v) is 8.87. The van der Waals surface area contributed by atoms with Crippen molar-refractivity contribution in [2.45, 2.75) is 71.5 Å². The molecule has 5 nitrogen and oxygen atoms in total. The fraction of sp³-hybridized carbons (Fsp3) is 0.536. The fourth-order valence-electron chi connectivity index (χ4n) is 3.91. The Labute approximate surface area is 202 Å². The molecule has 0 aliphatic carbocycles. The molecule has 0 bridgehead atoms. The molecule has 1 aliphatic heterocycles. The molecule has 0 spiro atoms. The van der Waals surface area contributed by atoms with Gasteiger partial charge in [-0.05, 0) is 49.2 Å². The van der Waals surface area contributed by atoms with Gasteiger partial charge in [0, 0.05) is 11.5 Å². The van der Waals surface area contributed by atoms with Gasteiger partial charge in [-0.3, -0.25) is 0 Å². The monoisotopic (exact) mass is 472 g/mol. The zero-order valence-corrected chi connectivity index (χ0v) is 20.4. The molecule has 2 aromatic rings. The summed E-state index contributed by atoms with van der Waals surface area (Å²) >= 11 is 0. The Kier molecular flexibility index (Phi) is 10.8. The predicted octanol–water partition coefficient (Wildman–Crippen LogP) is 7.25. The second-order valence-electron chi connectivity index (χ2n) is 8.87. The van der Waals surface area contributed by atoms with Gasteiger partial charge in [0.1, 0.15) is 17.3 Å². The summed E-state index contributed by atoms with van der Waals surface area (Å²) in [5.74, 6) is 0.274. The van der Waals surface area contributed by atoms with Gasteiger partial charge >= 0.3 is 5.97 Å². The van der Waals surface area contributed by atoms with Crippen molar-refractivity contribution in [2.75, 3.05) is 19.8 Å². The van der Waals surface area contributed by atoms with Gasteiger partial charge in [0.05, 0.1) is 25.4 Å². The molecule has 1 aliphatic rings. The molecule has 0 saturated carbocycles. The summed E-state index contributed by atoms with van der Waals surface area (Å²) in [5, 5.41) is 0. The number of ether oxygens (including phenoxy) is 4. The molecule has 34 heavy (non-hydrogen) atoms. The molecule has 1 fully saturated rings. The van der Waals surface area contributed by atoms with Crippen LogP contribution in [0.1, 0.15) is 87.4 Å².